The Balaban J connectivity index is 1.83. The maximum atomic E-state index is 12.7. The fourth-order valence-electron chi connectivity index (χ4n) is 3.04. The van der Waals surface area contributed by atoms with Crippen LogP contribution in [0.3, 0.4) is 0 Å². The van der Waals surface area contributed by atoms with Gasteiger partial charge in [-0.25, -0.2) is 0 Å². The highest BCUT2D eigenvalue weighted by Gasteiger charge is 2.39. The van der Waals surface area contributed by atoms with Gasteiger partial charge in [-0.2, -0.15) is 0 Å². The van der Waals surface area contributed by atoms with Crippen molar-refractivity contribution in [3.8, 4) is 11.5 Å². The fourth-order valence-corrected chi connectivity index (χ4v) is 3.04. The van der Waals surface area contributed by atoms with E-state index in [0.717, 1.165) is 19.3 Å². The van der Waals surface area contributed by atoms with E-state index in [-0.39, 0.29) is 5.78 Å². The van der Waals surface area contributed by atoms with Gasteiger partial charge in [0.2, 0.25) is 0 Å². The average molecular weight is 290 g/mol. The van der Waals surface area contributed by atoms with Gasteiger partial charge < -0.3 is 14.6 Å². The molecule has 1 heterocycles. The Kier molecular flexibility index (Phi) is 3.89. The molecule has 1 saturated carbocycles. The molecule has 0 saturated heterocycles. The standard InChI is InChI=1S/C17H22O4/c1-12-5-7-17(19,8-6-12)16(18)13-3-4-14-15(11-13)21-10-2-9-20-14/h3-4,11-12,19H,2,5-10H2,1H3. The molecule has 0 bridgehead atoms. The summed E-state index contributed by atoms with van der Waals surface area (Å²) < 4.78 is 11.2. The van der Waals surface area contributed by atoms with E-state index in [2.05, 4.69) is 6.92 Å². The zero-order chi connectivity index (χ0) is 14.9. The van der Waals surface area contributed by atoms with Crippen LogP contribution >= 0.6 is 0 Å². The minimum absolute atomic E-state index is 0.190. The van der Waals surface area contributed by atoms with Crippen LogP contribution in [-0.2, 0) is 0 Å². The average Bonchev–Trinajstić information content (AvgIpc) is 2.74. The van der Waals surface area contributed by atoms with Crippen LogP contribution in [0.1, 0.15) is 49.4 Å². The molecule has 1 aliphatic heterocycles. The molecule has 21 heavy (non-hydrogen) atoms. The maximum Gasteiger partial charge on any atom is 0.194 e. The summed E-state index contributed by atoms with van der Waals surface area (Å²) in [5.74, 6) is 1.67. The lowest BCUT2D eigenvalue weighted by Gasteiger charge is -2.33. The zero-order valence-electron chi connectivity index (χ0n) is 12.4. The summed E-state index contributed by atoms with van der Waals surface area (Å²) in [7, 11) is 0. The molecular weight excluding hydrogens is 268 g/mol. The molecule has 0 aromatic heterocycles. The summed E-state index contributed by atoms with van der Waals surface area (Å²) in [4.78, 5) is 12.7. The number of fused-ring (bicyclic) bond motifs is 1. The number of Topliss-reactive ketones (excluding diaryl/α,β-unsaturated/α-hetero) is 1. The van der Waals surface area contributed by atoms with Crippen molar-refractivity contribution >= 4 is 5.78 Å². The van der Waals surface area contributed by atoms with Crippen molar-refractivity contribution in [1.82, 2.24) is 0 Å². The molecule has 0 atom stereocenters. The van der Waals surface area contributed by atoms with Crippen molar-refractivity contribution in [3.05, 3.63) is 23.8 Å². The SMILES string of the molecule is CC1CCC(O)(C(=O)c2ccc3c(c2)OCCCO3)CC1. The van der Waals surface area contributed by atoms with E-state index in [4.69, 9.17) is 9.47 Å². The molecule has 2 aliphatic rings. The fraction of sp³-hybridized carbons (Fsp3) is 0.588. The molecule has 114 valence electrons. The van der Waals surface area contributed by atoms with Crippen LogP contribution in [0.4, 0.5) is 0 Å². The van der Waals surface area contributed by atoms with E-state index in [9.17, 15) is 9.90 Å². The van der Waals surface area contributed by atoms with Gasteiger partial charge in [0.05, 0.1) is 13.2 Å². The van der Waals surface area contributed by atoms with Crippen molar-refractivity contribution < 1.29 is 19.4 Å². The third-order valence-electron chi connectivity index (χ3n) is 4.53. The normalized spacial score (nSPS) is 28.8. The smallest absolute Gasteiger partial charge is 0.194 e. The zero-order valence-corrected chi connectivity index (χ0v) is 12.4. The van der Waals surface area contributed by atoms with E-state index in [1.807, 2.05) is 0 Å². The number of carbonyl (C=O) groups is 1. The molecule has 1 aliphatic carbocycles. The molecule has 1 N–H and O–H groups in total. The van der Waals surface area contributed by atoms with Gasteiger partial charge in [-0.15, -0.1) is 0 Å². The molecule has 3 rings (SSSR count). The van der Waals surface area contributed by atoms with Gasteiger partial charge >= 0.3 is 0 Å². The first-order valence-corrected chi connectivity index (χ1v) is 7.75. The lowest BCUT2D eigenvalue weighted by Crippen LogP contribution is -2.41. The number of rotatable bonds is 2. The van der Waals surface area contributed by atoms with Crippen molar-refractivity contribution in [2.45, 2.75) is 44.6 Å². The lowest BCUT2D eigenvalue weighted by atomic mass is 9.76. The van der Waals surface area contributed by atoms with Crippen LogP contribution in [-0.4, -0.2) is 29.7 Å². The van der Waals surface area contributed by atoms with Crippen molar-refractivity contribution in [2.75, 3.05) is 13.2 Å². The quantitative estimate of drug-likeness (QED) is 0.851. The van der Waals surface area contributed by atoms with Crippen LogP contribution in [0.15, 0.2) is 18.2 Å². The number of aliphatic hydroxyl groups is 1. The van der Waals surface area contributed by atoms with E-state index < -0.39 is 5.60 Å². The van der Waals surface area contributed by atoms with E-state index in [1.165, 1.54) is 0 Å². The predicted octanol–water partition coefficient (Wildman–Crippen LogP) is 2.97. The minimum Gasteiger partial charge on any atom is -0.490 e. The minimum atomic E-state index is -1.22. The molecule has 4 nitrogen and oxygen atoms in total. The molecule has 1 fully saturated rings. The van der Waals surface area contributed by atoms with Crippen LogP contribution in [0.25, 0.3) is 0 Å². The Labute approximate surface area is 125 Å². The number of carbonyl (C=O) groups excluding carboxylic acids is 1. The number of hydrogen-bond acceptors (Lipinski definition) is 4. The van der Waals surface area contributed by atoms with Crippen LogP contribution in [0.5, 0.6) is 11.5 Å². The van der Waals surface area contributed by atoms with E-state index >= 15 is 0 Å². The first-order valence-electron chi connectivity index (χ1n) is 7.75. The van der Waals surface area contributed by atoms with E-state index in [0.29, 0.717) is 49.0 Å². The highest BCUT2D eigenvalue weighted by Crippen LogP contribution is 2.36. The van der Waals surface area contributed by atoms with Crippen LogP contribution in [0, 0.1) is 5.92 Å². The lowest BCUT2D eigenvalue weighted by molar-refractivity contribution is 0.00424. The molecule has 1 aromatic carbocycles. The van der Waals surface area contributed by atoms with Gasteiger partial charge in [0.15, 0.2) is 17.3 Å². The highest BCUT2D eigenvalue weighted by molar-refractivity contribution is 6.02. The summed E-state index contributed by atoms with van der Waals surface area (Å²) in [6.07, 6.45) is 3.71. The first kappa shape index (κ1) is 14.4. The molecule has 0 radical (unpaired) electrons. The Morgan fingerprint density at radius 3 is 2.57 bits per heavy atom. The summed E-state index contributed by atoms with van der Waals surface area (Å²) in [5, 5.41) is 10.6. The second-order valence-corrected chi connectivity index (χ2v) is 6.26. The second kappa shape index (κ2) is 5.68. The summed E-state index contributed by atoms with van der Waals surface area (Å²) >= 11 is 0. The predicted molar refractivity (Wildman–Crippen MR) is 79.0 cm³/mol. The second-order valence-electron chi connectivity index (χ2n) is 6.26. The number of benzene rings is 1. The largest absolute Gasteiger partial charge is 0.490 e. The molecule has 1 aromatic rings. The Morgan fingerprint density at radius 2 is 1.86 bits per heavy atom. The van der Waals surface area contributed by atoms with Crippen molar-refractivity contribution in [3.63, 3.8) is 0 Å². The molecule has 4 heteroatoms. The Hall–Kier alpha value is -1.55. The van der Waals surface area contributed by atoms with Crippen molar-refractivity contribution in [1.29, 1.82) is 0 Å². The van der Waals surface area contributed by atoms with Gasteiger partial charge in [0.25, 0.3) is 0 Å². The third kappa shape index (κ3) is 2.91. The van der Waals surface area contributed by atoms with Crippen molar-refractivity contribution in [2.24, 2.45) is 5.92 Å². The van der Waals surface area contributed by atoms with E-state index in [1.54, 1.807) is 18.2 Å². The van der Waals surface area contributed by atoms with Gasteiger partial charge in [-0.05, 0) is 49.8 Å². The Bertz CT molecular complexity index is 530. The first-order chi connectivity index (χ1) is 10.1. The van der Waals surface area contributed by atoms with Gasteiger partial charge in [-0.1, -0.05) is 6.92 Å². The number of ether oxygens (including phenoxy) is 2. The van der Waals surface area contributed by atoms with Gasteiger partial charge in [-0.3, -0.25) is 4.79 Å². The summed E-state index contributed by atoms with van der Waals surface area (Å²) in [6.45, 7) is 3.38. The number of hydrogen-bond donors (Lipinski definition) is 1. The third-order valence-corrected chi connectivity index (χ3v) is 4.53. The summed E-state index contributed by atoms with van der Waals surface area (Å²) in [6, 6.07) is 5.20. The Morgan fingerprint density at radius 1 is 1.19 bits per heavy atom. The number of ketones is 1. The topological polar surface area (TPSA) is 55.8 Å². The molecule has 0 unspecified atom stereocenters. The summed E-state index contributed by atoms with van der Waals surface area (Å²) in [5.41, 5.74) is -0.705. The van der Waals surface area contributed by atoms with Gasteiger partial charge in [0, 0.05) is 12.0 Å². The molecule has 0 spiro atoms. The van der Waals surface area contributed by atoms with Gasteiger partial charge in [0.1, 0.15) is 5.60 Å². The monoisotopic (exact) mass is 290 g/mol. The van der Waals surface area contributed by atoms with Crippen LogP contribution in [0.2, 0.25) is 0 Å². The highest BCUT2D eigenvalue weighted by atomic mass is 16.5. The molecule has 0 amide bonds. The maximum absolute atomic E-state index is 12.7. The van der Waals surface area contributed by atoms with Crippen LogP contribution < -0.4 is 9.47 Å². The molecular formula is C17H22O4.